The number of rotatable bonds is 3. The van der Waals surface area contributed by atoms with E-state index >= 15 is 0 Å². The van der Waals surface area contributed by atoms with Gasteiger partial charge >= 0.3 is 5.97 Å². The Morgan fingerprint density at radius 2 is 1.90 bits per heavy atom. The van der Waals surface area contributed by atoms with E-state index in [0.717, 1.165) is 10.9 Å². The standard InChI is InChI=1S/C15H14O5/c1-3-18-15(17)12(16)11-10-5-7-19-13(10)8(2)9-4-6-20-14(9)11/h4-7,12,16H,3H2,1-2H3. The van der Waals surface area contributed by atoms with Crippen molar-refractivity contribution in [3.63, 3.8) is 0 Å². The van der Waals surface area contributed by atoms with Gasteiger partial charge in [-0.1, -0.05) is 0 Å². The summed E-state index contributed by atoms with van der Waals surface area (Å²) in [6.45, 7) is 3.80. The largest absolute Gasteiger partial charge is 0.464 e. The lowest BCUT2D eigenvalue weighted by molar-refractivity contribution is -0.153. The van der Waals surface area contributed by atoms with Crippen molar-refractivity contribution in [1.82, 2.24) is 0 Å². The van der Waals surface area contributed by atoms with Crippen molar-refractivity contribution in [2.24, 2.45) is 0 Å². The minimum absolute atomic E-state index is 0.206. The Labute approximate surface area is 114 Å². The van der Waals surface area contributed by atoms with Gasteiger partial charge in [0, 0.05) is 21.9 Å². The zero-order valence-corrected chi connectivity index (χ0v) is 11.2. The number of benzene rings is 1. The first-order chi connectivity index (χ1) is 9.65. The van der Waals surface area contributed by atoms with Crippen LogP contribution >= 0.6 is 0 Å². The molecule has 0 radical (unpaired) electrons. The van der Waals surface area contributed by atoms with Gasteiger partial charge in [-0.25, -0.2) is 4.79 Å². The van der Waals surface area contributed by atoms with Crippen LogP contribution in [-0.2, 0) is 9.53 Å². The van der Waals surface area contributed by atoms with E-state index in [1.807, 2.05) is 6.92 Å². The second kappa shape index (κ2) is 4.68. The molecule has 0 saturated heterocycles. The molecular formula is C15H14O5. The number of ether oxygens (including phenoxy) is 1. The van der Waals surface area contributed by atoms with Crippen molar-refractivity contribution in [3.8, 4) is 0 Å². The normalized spacial score (nSPS) is 12.9. The van der Waals surface area contributed by atoms with Crippen LogP contribution in [0.5, 0.6) is 0 Å². The van der Waals surface area contributed by atoms with Crippen LogP contribution in [0.15, 0.2) is 33.5 Å². The van der Waals surface area contributed by atoms with E-state index in [9.17, 15) is 9.90 Å². The summed E-state index contributed by atoms with van der Waals surface area (Å²) in [5, 5.41) is 11.7. The van der Waals surface area contributed by atoms with E-state index < -0.39 is 12.1 Å². The maximum absolute atomic E-state index is 11.8. The number of esters is 1. The van der Waals surface area contributed by atoms with Crippen LogP contribution in [0, 0.1) is 6.92 Å². The smallest absolute Gasteiger partial charge is 0.339 e. The summed E-state index contributed by atoms with van der Waals surface area (Å²) >= 11 is 0. The fourth-order valence-electron chi connectivity index (χ4n) is 2.48. The highest BCUT2D eigenvalue weighted by atomic mass is 16.5. The minimum atomic E-state index is -1.40. The van der Waals surface area contributed by atoms with Crippen LogP contribution in [0.4, 0.5) is 0 Å². The Kier molecular flexibility index (Phi) is 2.99. The molecule has 0 aliphatic carbocycles. The highest BCUT2D eigenvalue weighted by Crippen LogP contribution is 2.37. The average Bonchev–Trinajstić information content (AvgIpc) is 3.07. The van der Waals surface area contributed by atoms with Gasteiger partial charge in [-0.2, -0.15) is 0 Å². The Hall–Kier alpha value is -2.27. The van der Waals surface area contributed by atoms with E-state index in [2.05, 4.69) is 0 Å². The summed E-state index contributed by atoms with van der Waals surface area (Å²) in [6, 6.07) is 3.50. The molecule has 0 saturated carbocycles. The number of furan rings is 2. The fraction of sp³-hybridized carbons (Fsp3) is 0.267. The molecule has 5 nitrogen and oxygen atoms in total. The number of aliphatic hydroxyl groups is 1. The fourth-order valence-corrected chi connectivity index (χ4v) is 2.48. The summed E-state index contributed by atoms with van der Waals surface area (Å²) in [7, 11) is 0. The van der Waals surface area contributed by atoms with Crippen molar-refractivity contribution >= 4 is 27.9 Å². The van der Waals surface area contributed by atoms with Crippen molar-refractivity contribution < 1.29 is 23.5 Å². The van der Waals surface area contributed by atoms with Crippen LogP contribution in [0.2, 0.25) is 0 Å². The molecule has 3 rings (SSSR count). The molecule has 5 heteroatoms. The quantitative estimate of drug-likeness (QED) is 0.743. The number of carbonyl (C=O) groups excluding carboxylic acids is 1. The topological polar surface area (TPSA) is 72.8 Å². The van der Waals surface area contributed by atoms with Crippen molar-refractivity contribution in [3.05, 3.63) is 35.8 Å². The molecule has 3 aromatic rings. The Balaban J connectivity index is 2.31. The van der Waals surface area contributed by atoms with Gasteiger partial charge in [0.25, 0.3) is 0 Å². The molecule has 0 aliphatic rings. The molecule has 1 N–H and O–H groups in total. The molecule has 2 aromatic heterocycles. The van der Waals surface area contributed by atoms with Gasteiger partial charge in [-0.05, 0) is 26.0 Å². The maximum Gasteiger partial charge on any atom is 0.339 e. The molecule has 0 spiro atoms. The lowest BCUT2D eigenvalue weighted by atomic mass is 9.98. The van der Waals surface area contributed by atoms with Gasteiger partial charge in [0.05, 0.1) is 19.1 Å². The van der Waals surface area contributed by atoms with E-state index in [0.29, 0.717) is 22.1 Å². The van der Waals surface area contributed by atoms with E-state index in [1.54, 1.807) is 19.1 Å². The van der Waals surface area contributed by atoms with Crippen LogP contribution in [0.1, 0.15) is 24.2 Å². The molecular weight excluding hydrogens is 260 g/mol. The van der Waals surface area contributed by atoms with Crippen LogP contribution in [0.25, 0.3) is 21.9 Å². The summed E-state index contributed by atoms with van der Waals surface area (Å²) in [6.07, 6.45) is 1.65. The second-order valence-corrected chi connectivity index (χ2v) is 4.52. The molecule has 0 bridgehead atoms. The van der Waals surface area contributed by atoms with Gasteiger partial charge in [-0.3, -0.25) is 0 Å². The van der Waals surface area contributed by atoms with Crippen molar-refractivity contribution in [2.45, 2.75) is 20.0 Å². The highest BCUT2D eigenvalue weighted by molar-refractivity contribution is 6.03. The highest BCUT2D eigenvalue weighted by Gasteiger charge is 2.27. The van der Waals surface area contributed by atoms with Gasteiger partial charge in [0.15, 0.2) is 6.10 Å². The van der Waals surface area contributed by atoms with Crippen LogP contribution < -0.4 is 0 Å². The number of fused-ring (bicyclic) bond motifs is 2. The van der Waals surface area contributed by atoms with Crippen LogP contribution in [-0.4, -0.2) is 17.7 Å². The Morgan fingerprint density at radius 3 is 2.60 bits per heavy atom. The number of aliphatic hydroxyl groups excluding tert-OH is 1. The van der Waals surface area contributed by atoms with Gasteiger partial charge in [0.2, 0.25) is 0 Å². The molecule has 1 unspecified atom stereocenters. The number of aryl methyl sites for hydroxylation is 1. The zero-order valence-electron chi connectivity index (χ0n) is 11.2. The molecule has 0 fully saturated rings. The lowest BCUT2D eigenvalue weighted by Crippen LogP contribution is -2.16. The number of carbonyl (C=O) groups is 1. The molecule has 1 atom stereocenters. The third-order valence-electron chi connectivity index (χ3n) is 3.39. The molecule has 0 amide bonds. The Bertz CT molecular complexity index is 728. The molecule has 104 valence electrons. The van der Waals surface area contributed by atoms with E-state index in [1.165, 1.54) is 12.5 Å². The zero-order chi connectivity index (χ0) is 14.3. The van der Waals surface area contributed by atoms with E-state index in [-0.39, 0.29) is 6.61 Å². The summed E-state index contributed by atoms with van der Waals surface area (Å²) in [5.74, 6) is -0.698. The molecule has 20 heavy (non-hydrogen) atoms. The predicted molar refractivity (Wildman–Crippen MR) is 72.3 cm³/mol. The maximum atomic E-state index is 11.8. The monoisotopic (exact) mass is 274 g/mol. The van der Waals surface area contributed by atoms with Gasteiger partial charge < -0.3 is 18.7 Å². The first kappa shape index (κ1) is 12.7. The SMILES string of the molecule is CCOC(=O)C(O)c1c2ccoc2c(C)c2ccoc12. The van der Waals surface area contributed by atoms with Crippen molar-refractivity contribution in [1.29, 1.82) is 0 Å². The summed E-state index contributed by atoms with van der Waals surface area (Å²) in [5.41, 5.74) is 2.42. The first-order valence-electron chi connectivity index (χ1n) is 6.36. The minimum Gasteiger partial charge on any atom is -0.464 e. The lowest BCUT2D eigenvalue weighted by Gasteiger charge is -2.12. The second-order valence-electron chi connectivity index (χ2n) is 4.52. The third kappa shape index (κ3) is 1.71. The Morgan fingerprint density at radius 1 is 1.25 bits per heavy atom. The predicted octanol–water partition coefficient (Wildman–Crippen LogP) is 3.08. The third-order valence-corrected chi connectivity index (χ3v) is 3.39. The molecule has 0 aliphatic heterocycles. The van der Waals surface area contributed by atoms with Gasteiger partial charge in [0.1, 0.15) is 11.2 Å². The van der Waals surface area contributed by atoms with Crippen molar-refractivity contribution in [2.75, 3.05) is 6.61 Å². The molecule has 1 aromatic carbocycles. The first-order valence-corrected chi connectivity index (χ1v) is 6.36. The number of hydrogen-bond acceptors (Lipinski definition) is 5. The molecule has 2 heterocycles. The average molecular weight is 274 g/mol. The summed E-state index contributed by atoms with van der Waals surface area (Å²) < 4.78 is 15.8. The summed E-state index contributed by atoms with van der Waals surface area (Å²) in [4.78, 5) is 11.8. The van der Waals surface area contributed by atoms with Crippen LogP contribution in [0.3, 0.4) is 0 Å². The number of hydrogen-bond donors (Lipinski definition) is 1. The van der Waals surface area contributed by atoms with E-state index in [4.69, 9.17) is 13.6 Å². The van der Waals surface area contributed by atoms with Gasteiger partial charge in [-0.15, -0.1) is 0 Å².